The Bertz CT molecular complexity index is 481. The molecule has 1 unspecified atom stereocenters. The van der Waals surface area contributed by atoms with E-state index in [-0.39, 0.29) is 0 Å². The van der Waals surface area contributed by atoms with Crippen molar-refractivity contribution in [2.45, 2.75) is 46.1 Å². The molecule has 1 atom stereocenters. The molecule has 0 amide bonds. The summed E-state index contributed by atoms with van der Waals surface area (Å²) < 4.78 is 0. The minimum atomic E-state index is -0.847. The zero-order valence-electron chi connectivity index (χ0n) is 13.1. The summed E-state index contributed by atoms with van der Waals surface area (Å²) in [5.74, 6) is -0.847. The second-order valence-corrected chi connectivity index (χ2v) is 6.59. The Labute approximate surface area is 130 Å². The number of carboxylic acid groups (broad SMARTS) is 1. The molecule has 0 aromatic carbocycles. The van der Waals surface area contributed by atoms with E-state index in [0.29, 0.717) is 10.9 Å². The van der Waals surface area contributed by atoms with Crippen molar-refractivity contribution in [2.24, 2.45) is 0 Å². The van der Waals surface area contributed by atoms with Gasteiger partial charge in [0.2, 0.25) is 0 Å². The molecule has 1 saturated heterocycles. The number of aryl methyl sites for hydroxylation is 1. The summed E-state index contributed by atoms with van der Waals surface area (Å²) in [5.41, 5.74) is 0.745. The Morgan fingerprint density at radius 2 is 2.00 bits per heavy atom. The summed E-state index contributed by atoms with van der Waals surface area (Å²) in [6, 6.07) is 0.619. The second kappa shape index (κ2) is 7.22. The van der Waals surface area contributed by atoms with Crippen molar-refractivity contribution >= 4 is 22.4 Å². The third-order valence-electron chi connectivity index (χ3n) is 4.17. The van der Waals surface area contributed by atoms with Crippen LogP contribution < -0.4 is 4.90 Å². The first kappa shape index (κ1) is 16.2. The molecule has 1 aliphatic rings. The van der Waals surface area contributed by atoms with Crippen LogP contribution in [0, 0.1) is 0 Å². The zero-order valence-corrected chi connectivity index (χ0v) is 13.9. The van der Waals surface area contributed by atoms with Crippen molar-refractivity contribution in [3.63, 3.8) is 0 Å². The van der Waals surface area contributed by atoms with Gasteiger partial charge in [0.05, 0.1) is 5.69 Å². The number of hydrogen-bond donors (Lipinski definition) is 1. The average Bonchev–Trinajstić information content (AvgIpc) is 2.91. The van der Waals surface area contributed by atoms with Crippen molar-refractivity contribution in [3.8, 4) is 0 Å². The van der Waals surface area contributed by atoms with Crippen LogP contribution in [0.15, 0.2) is 0 Å². The van der Waals surface area contributed by atoms with Gasteiger partial charge in [-0.1, -0.05) is 31.6 Å². The zero-order chi connectivity index (χ0) is 15.4. The summed E-state index contributed by atoms with van der Waals surface area (Å²) >= 11 is 1.33. The first-order valence-electron chi connectivity index (χ1n) is 7.78. The molecule has 118 valence electrons. The topological polar surface area (TPSA) is 56.7 Å². The molecule has 0 aliphatic carbocycles. The number of carboxylic acids is 1. The van der Waals surface area contributed by atoms with Crippen LogP contribution in [0.4, 0.5) is 5.13 Å². The number of piperazine rings is 1. The fourth-order valence-corrected chi connectivity index (χ4v) is 3.66. The number of aromatic nitrogens is 1. The van der Waals surface area contributed by atoms with Gasteiger partial charge in [-0.3, -0.25) is 4.90 Å². The van der Waals surface area contributed by atoms with E-state index in [1.165, 1.54) is 17.8 Å². The van der Waals surface area contributed by atoms with E-state index in [1.807, 2.05) is 0 Å². The van der Waals surface area contributed by atoms with Gasteiger partial charge in [-0.25, -0.2) is 9.78 Å². The maximum atomic E-state index is 11.3. The van der Waals surface area contributed by atoms with Gasteiger partial charge in [0, 0.05) is 32.2 Å². The molecular weight excluding hydrogens is 286 g/mol. The van der Waals surface area contributed by atoms with Crippen LogP contribution >= 0.6 is 11.3 Å². The van der Waals surface area contributed by atoms with Crippen LogP contribution in [-0.2, 0) is 6.42 Å². The van der Waals surface area contributed by atoms with Crippen molar-refractivity contribution in [1.29, 1.82) is 0 Å². The van der Waals surface area contributed by atoms with Crippen molar-refractivity contribution in [3.05, 3.63) is 10.6 Å². The molecule has 1 aliphatic heterocycles. The molecule has 1 aromatic rings. The molecule has 2 heterocycles. The van der Waals surface area contributed by atoms with Crippen LogP contribution in [0.3, 0.4) is 0 Å². The maximum absolute atomic E-state index is 11.3. The Morgan fingerprint density at radius 1 is 1.33 bits per heavy atom. The smallest absolute Gasteiger partial charge is 0.347 e. The fraction of sp³-hybridized carbons (Fsp3) is 0.733. The van der Waals surface area contributed by atoms with Crippen LogP contribution in [0.25, 0.3) is 0 Å². The lowest BCUT2D eigenvalue weighted by Gasteiger charge is -2.37. The molecule has 0 bridgehead atoms. The summed E-state index contributed by atoms with van der Waals surface area (Å²) in [5, 5.41) is 10.2. The molecule has 0 saturated carbocycles. The highest BCUT2D eigenvalue weighted by Crippen LogP contribution is 2.28. The summed E-state index contributed by atoms with van der Waals surface area (Å²) in [7, 11) is 0. The maximum Gasteiger partial charge on any atom is 0.347 e. The number of rotatable bonds is 6. The van der Waals surface area contributed by atoms with Gasteiger partial charge >= 0.3 is 5.97 Å². The normalized spacial score (nSPS) is 18.0. The highest BCUT2D eigenvalue weighted by atomic mass is 32.1. The lowest BCUT2D eigenvalue weighted by atomic mass is 10.2. The van der Waals surface area contributed by atoms with Crippen LogP contribution in [0.5, 0.6) is 0 Å². The molecule has 0 radical (unpaired) electrons. The largest absolute Gasteiger partial charge is 0.477 e. The summed E-state index contributed by atoms with van der Waals surface area (Å²) in [6.45, 7) is 10.5. The molecule has 0 spiro atoms. The van der Waals surface area contributed by atoms with Crippen LogP contribution in [0.1, 0.15) is 49.0 Å². The SMILES string of the molecule is CCCc1nc(N2CCN(C(C)CC)CC2)sc1C(=O)O. The van der Waals surface area contributed by atoms with Gasteiger partial charge < -0.3 is 10.0 Å². The van der Waals surface area contributed by atoms with Gasteiger partial charge in [-0.2, -0.15) is 0 Å². The van der Waals surface area contributed by atoms with E-state index in [1.54, 1.807) is 0 Å². The number of anilines is 1. The lowest BCUT2D eigenvalue weighted by molar-refractivity contribution is 0.0700. The van der Waals surface area contributed by atoms with Gasteiger partial charge in [0.25, 0.3) is 0 Å². The molecule has 1 aromatic heterocycles. The van der Waals surface area contributed by atoms with Gasteiger partial charge in [-0.15, -0.1) is 0 Å². The second-order valence-electron chi connectivity index (χ2n) is 5.61. The standard InChI is InChI=1S/C15H25N3O2S/c1-4-6-12-13(14(19)20)21-15(16-12)18-9-7-17(8-10-18)11(3)5-2/h11H,4-10H2,1-3H3,(H,19,20). The number of hydrogen-bond acceptors (Lipinski definition) is 5. The van der Waals surface area contributed by atoms with Crippen molar-refractivity contribution in [2.75, 3.05) is 31.1 Å². The number of aromatic carboxylic acids is 1. The highest BCUT2D eigenvalue weighted by molar-refractivity contribution is 7.17. The molecular formula is C15H25N3O2S. The van der Waals surface area contributed by atoms with E-state index >= 15 is 0 Å². The Kier molecular flexibility index (Phi) is 5.58. The minimum absolute atomic E-state index is 0.413. The average molecular weight is 311 g/mol. The van der Waals surface area contributed by atoms with Gasteiger partial charge in [0.1, 0.15) is 4.88 Å². The van der Waals surface area contributed by atoms with Crippen molar-refractivity contribution < 1.29 is 9.90 Å². The predicted molar refractivity (Wildman–Crippen MR) is 86.6 cm³/mol. The van der Waals surface area contributed by atoms with Gasteiger partial charge in [-0.05, 0) is 19.8 Å². The van der Waals surface area contributed by atoms with E-state index in [9.17, 15) is 9.90 Å². The number of nitrogens with zero attached hydrogens (tertiary/aromatic N) is 3. The first-order chi connectivity index (χ1) is 10.1. The summed E-state index contributed by atoms with van der Waals surface area (Å²) in [4.78, 5) is 21.0. The van der Waals surface area contributed by atoms with Crippen LogP contribution in [0.2, 0.25) is 0 Å². The third-order valence-corrected chi connectivity index (χ3v) is 5.31. The van der Waals surface area contributed by atoms with Crippen molar-refractivity contribution in [1.82, 2.24) is 9.88 Å². The van der Waals surface area contributed by atoms with E-state index in [0.717, 1.165) is 49.8 Å². The van der Waals surface area contributed by atoms with E-state index in [2.05, 4.69) is 35.6 Å². The quantitative estimate of drug-likeness (QED) is 0.875. The third kappa shape index (κ3) is 3.74. The predicted octanol–water partition coefficient (Wildman–Crippen LogP) is 2.71. The Hall–Kier alpha value is -1.14. The summed E-state index contributed by atoms with van der Waals surface area (Å²) in [6.07, 6.45) is 2.83. The molecule has 6 heteroatoms. The minimum Gasteiger partial charge on any atom is -0.477 e. The molecule has 21 heavy (non-hydrogen) atoms. The van der Waals surface area contributed by atoms with Crippen LogP contribution in [-0.4, -0.2) is 53.2 Å². The number of carbonyl (C=O) groups is 1. The molecule has 5 nitrogen and oxygen atoms in total. The molecule has 1 N–H and O–H groups in total. The van der Waals surface area contributed by atoms with E-state index in [4.69, 9.17) is 0 Å². The lowest BCUT2D eigenvalue weighted by Crippen LogP contribution is -2.49. The highest BCUT2D eigenvalue weighted by Gasteiger charge is 2.24. The molecule has 2 rings (SSSR count). The first-order valence-corrected chi connectivity index (χ1v) is 8.60. The fourth-order valence-electron chi connectivity index (χ4n) is 2.66. The monoisotopic (exact) mass is 311 g/mol. The molecule has 1 fully saturated rings. The number of thiazole rings is 1. The van der Waals surface area contributed by atoms with Gasteiger partial charge in [0.15, 0.2) is 5.13 Å². The van der Waals surface area contributed by atoms with E-state index < -0.39 is 5.97 Å². The Balaban J connectivity index is 2.06. The Morgan fingerprint density at radius 3 is 2.52 bits per heavy atom.